The molecule has 0 fully saturated rings. The monoisotopic (exact) mass is 387 g/mol. The maximum atomic E-state index is 12.9. The van der Waals surface area contributed by atoms with Crippen molar-refractivity contribution in [3.05, 3.63) is 59.9 Å². The molecule has 2 aromatic rings. The number of aliphatic hydroxyl groups excluding tert-OH is 1. The first-order chi connectivity index (χ1) is 13.7. The molecule has 0 spiro atoms. The minimum absolute atomic E-state index is 0.0780. The summed E-state index contributed by atoms with van der Waals surface area (Å²) in [6, 6.07) is 13.7. The highest BCUT2D eigenvalue weighted by molar-refractivity contribution is 5.80. The van der Waals surface area contributed by atoms with Crippen molar-refractivity contribution in [3.63, 3.8) is 0 Å². The smallest absolute Gasteiger partial charge is 0.191 e. The lowest BCUT2D eigenvalue weighted by Gasteiger charge is -2.28. The molecule has 1 aliphatic rings. The van der Waals surface area contributed by atoms with Crippen molar-refractivity contribution in [2.24, 2.45) is 4.99 Å². The van der Waals surface area contributed by atoms with Crippen molar-refractivity contribution < 1.29 is 19.0 Å². The fraction of sp³-hybridized carbons (Fsp3) is 0.381. The number of aliphatic imine (C=N–C) groups is 1. The number of benzene rings is 2. The van der Waals surface area contributed by atoms with E-state index in [1.807, 2.05) is 31.2 Å². The van der Waals surface area contributed by atoms with E-state index in [0.717, 1.165) is 17.7 Å². The molecule has 150 valence electrons. The molecule has 7 heteroatoms. The molecule has 3 rings (SSSR count). The minimum atomic E-state index is -0.775. The first-order valence-corrected chi connectivity index (χ1v) is 9.48. The Morgan fingerprint density at radius 3 is 2.86 bits per heavy atom. The summed E-state index contributed by atoms with van der Waals surface area (Å²) in [6.45, 7) is 3.60. The zero-order valence-corrected chi connectivity index (χ0v) is 15.9. The second-order valence-corrected chi connectivity index (χ2v) is 6.51. The van der Waals surface area contributed by atoms with E-state index in [2.05, 4.69) is 15.6 Å². The summed E-state index contributed by atoms with van der Waals surface area (Å²) < 4.78 is 24.1. The Balaban J connectivity index is 1.56. The van der Waals surface area contributed by atoms with Crippen LogP contribution in [0.5, 0.6) is 11.5 Å². The van der Waals surface area contributed by atoms with Gasteiger partial charge in [0.1, 0.15) is 30.0 Å². The molecule has 28 heavy (non-hydrogen) atoms. The molecule has 3 N–H and O–H groups in total. The van der Waals surface area contributed by atoms with Crippen molar-refractivity contribution in [2.45, 2.75) is 25.5 Å². The molecule has 6 nitrogen and oxygen atoms in total. The quantitative estimate of drug-likeness (QED) is 0.503. The predicted octanol–water partition coefficient (Wildman–Crippen LogP) is 2.64. The third-order valence-corrected chi connectivity index (χ3v) is 4.33. The Kier molecular flexibility index (Phi) is 7.08. The Morgan fingerprint density at radius 2 is 2.07 bits per heavy atom. The van der Waals surface area contributed by atoms with Crippen LogP contribution in [0.4, 0.5) is 4.39 Å². The van der Waals surface area contributed by atoms with E-state index < -0.39 is 6.10 Å². The average Bonchev–Trinajstić information content (AvgIpc) is 2.72. The van der Waals surface area contributed by atoms with E-state index in [-0.39, 0.29) is 25.0 Å². The summed E-state index contributed by atoms with van der Waals surface area (Å²) in [7, 11) is 0. The van der Waals surface area contributed by atoms with Crippen LogP contribution in [0.15, 0.2) is 53.5 Å². The zero-order chi connectivity index (χ0) is 19.8. The van der Waals surface area contributed by atoms with Crippen LogP contribution in [-0.4, -0.2) is 43.5 Å². The van der Waals surface area contributed by atoms with Crippen LogP contribution in [0, 0.1) is 5.82 Å². The number of ether oxygens (including phenoxy) is 2. The second-order valence-electron chi connectivity index (χ2n) is 6.51. The van der Waals surface area contributed by atoms with Gasteiger partial charge in [0.15, 0.2) is 5.96 Å². The summed E-state index contributed by atoms with van der Waals surface area (Å²) in [5.41, 5.74) is 1.10. The van der Waals surface area contributed by atoms with Gasteiger partial charge in [-0.25, -0.2) is 4.39 Å². The molecule has 2 unspecified atom stereocenters. The lowest BCUT2D eigenvalue weighted by Crippen LogP contribution is -2.41. The van der Waals surface area contributed by atoms with Crippen molar-refractivity contribution in [1.82, 2.24) is 10.6 Å². The Bertz CT molecular complexity index is 783. The van der Waals surface area contributed by atoms with Gasteiger partial charge in [-0.05, 0) is 37.3 Å². The number of rotatable bonds is 7. The van der Waals surface area contributed by atoms with Gasteiger partial charge >= 0.3 is 0 Å². The number of hydrogen-bond donors (Lipinski definition) is 3. The molecule has 2 atom stereocenters. The molecule has 2 aromatic carbocycles. The van der Waals surface area contributed by atoms with Crippen LogP contribution >= 0.6 is 0 Å². The largest absolute Gasteiger partial charge is 0.493 e. The van der Waals surface area contributed by atoms with Gasteiger partial charge in [0.25, 0.3) is 0 Å². The predicted molar refractivity (Wildman–Crippen MR) is 106 cm³/mol. The van der Waals surface area contributed by atoms with E-state index in [1.165, 1.54) is 24.3 Å². The fourth-order valence-corrected chi connectivity index (χ4v) is 2.95. The standard InChI is InChI=1S/C21H26FN3O3/c1-2-23-21(25-19-11-12-27-20-6-4-3-5-18(19)20)24-13-16(26)14-28-17-9-7-15(22)8-10-17/h3-10,16,19,26H,2,11-14H2,1H3,(H2,23,24,25). The van der Waals surface area contributed by atoms with Gasteiger partial charge in [-0.2, -0.15) is 0 Å². The Labute approximate surface area is 164 Å². The SMILES string of the molecule is CCNC(=NCC(O)COc1ccc(F)cc1)NC1CCOc2ccccc21. The Hall–Kier alpha value is -2.80. The number of aliphatic hydroxyl groups is 1. The third kappa shape index (κ3) is 5.60. The van der Waals surface area contributed by atoms with Crippen LogP contribution in [-0.2, 0) is 0 Å². The van der Waals surface area contributed by atoms with Gasteiger partial charge in [-0.15, -0.1) is 0 Å². The zero-order valence-electron chi connectivity index (χ0n) is 15.9. The van der Waals surface area contributed by atoms with E-state index in [1.54, 1.807) is 0 Å². The molecular weight excluding hydrogens is 361 g/mol. The van der Waals surface area contributed by atoms with E-state index in [0.29, 0.717) is 24.9 Å². The van der Waals surface area contributed by atoms with Gasteiger partial charge < -0.3 is 25.2 Å². The first kappa shape index (κ1) is 19.9. The number of hydrogen-bond acceptors (Lipinski definition) is 4. The fourth-order valence-electron chi connectivity index (χ4n) is 2.95. The number of halogens is 1. The highest BCUT2D eigenvalue weighted by Gasteiger charge is 2.21. The molecule has 0 saturated carbocycles. The number of fused-ring (bicyclic) bond motifs is 1. The van der Waals surface area contributed by atoms with E-state index in [9.17, 15) is 9.50 Å². The highest BCUT2D eigenvalue weighted by Crippen LogP contribution is 2.31. The van der Waals surface area contributed by atoms with E-state index in [4.69, 9.17) is 9.47 Å². The highest BCUT2D eigenvalue weighted by atomic mass is 19.1. The normalized spacial score (nSPS) is 17.2. The van der Waals surface area contributed by atoms with Crippen LogP contribution < -0.4 is 20.1 Å². The van der Waals surface area contributed by atoms with Crippen LogP contribution in [0.3, 0.4) is 0 Å². The van der Waals surface area contributed by atoms with Crippen molar-refractivity contribution in [3.8, 4) is 11.5 Å². The van der Waals surface area contributed by atoms with Crippen LogP contribution in [0.1, 0.15) is 24.9 Å². The minimum Gasteiger partial charge on any atom is -0.493 e. The number of nitrogens with zero attached hydrogens (tertiary/aromatic N) is 1. The maximum absolute atomic E-state index is 12.9. The molecular formula is C21H26FN3O3. The van der Waals surface area contributed by atoms with Gasteiger partial charge in [0.05, 0.1) is 19.2 Å². The van der Waals surface area contributed by atoms with Crippen LogP contribution in [0.25, 0.3) is 0 Å². The maximum Gasteiger partial charge on any atom is 0.191 e. The van der Waals surface area contributed by atoms with Crippen molar-refractivity contribution in [1.29, 1.82) is 0 Å². The van der Waals surface area contributed by atoms with Gasteiger partial charge in [0, 0.05) is 18.5 Å². The number of para-hydroxylation sites is 1. The topological polar surface area (TPSA) is 75.1 Å². The number of guanidine groups is 1. The molecule has 0 saturated heterocycles. The second kappa shape index (κ2) is 9.94. The molecule has 1 heterocycles. The lowest BCUT2D eigenvalue weighted by molar-refractivity contribution is 0.114. The van der Waals surface area contributed by atoms with Crippen LogP contribution in [0.2, 0.25) is 0 Å². The summed E-state index contributed by atoms with van der Waals surface area (Å²) >= 11 is 0. The first-order valence-electron chi connectivity index (χ1n) is 9.48. The summed E-state index contributed by atoms with van der Waals surface area (Å²) in [4.78, 5) is 4.47. The molecule has 0 bridgehead atoms. The van der Waals surface area contributed by atoms with Gasteiger partial charge in [-0.1, -0.05) is 18.2 Å². The molecule has 0 radical (unpaired) electrons. The summed E-state index contributed by atoms with van der Waals surface area (Å²) in [5.74, 6) is 1.70. The van der Waals surface area contributed by atoms with Gasteiger partial charge in [-0.3, -0.25) is 4.99 Å². The molecule has 1 aliphatic heterocycles. The Morgan fingerprint density at radius 1 is 1.29 bits per heavy atom. The molecule has 0 amide bonds. The molecule has 0 aromatic heterocycles. The average molecular weight is 387 g/mol. The molecule has 0 aliphatic carbocycles. The third-order valence-electron chi connectivity index (χ3n) is 4.33. The lowest BCUT2D eigenvalue weighted by atomic mass is 10.0. The summed E-state index contributed by atoms with van der Waals surface area (Å²) in [5, 5.41) is 16.8. The number of nitrogens with one attached hydrogen (secondary N) is 2. The summed E-state index contributed by atoms with van der Waals surface area (Å²) in [6.07, 6.45) is 0.0555. The van der Waals surface area contributed by atoms with Crippen molar-refractivity contribution in [2.75, 3.05) is 26.3 Å². The van der Waals surface area contributed by atoms with Gasteiger partial charge in [0.2, 0.25) is 0 Å². The van der Waals surface area contributed by atoms with E-state index >= 15 is 0 Å². The van der Waals surface area contributed by atoms with Crippen molar-refractivity contribution >= 4 is 5.96 Å².